The Bertz CT molecular complexity index is 453. The minimum atomic E-state index is -1.50. The maximum atomic E-state index is 9.43. The Hall–Kier alpha value is -1.04. The standard InChI is InChI=1S/C15H24BNO3/c1-4-13-7-5-11(2)17(13)10-12-6-8-15(20-3)14(9-12)16(18)19/h6,8-9,11,13,18-19H,4-5,7,10H2,1-3H3. The van der Waals surface area contributed by atoms with Crippen LogP contribution >= 0.6 is 0 Å². The molecule has 1 heterocycles. The highest BCUT2D eigenvalue weighted by Crippen LogP contribution is 2.28. The number of rotatable bonds is 5. The monoisotopic (exact) mass is 277 g/mol. The largest absolute Gasteiger partial charge is 0.497 e. The maximum absolute atomic E-state index is 9.43. The van der Waals surface area contributed by atoms with E-state index in [9.17, 15) is 10.0 Å². The van der Waals surface area contributed by atoms with Crippen LogP contribution in [0, 0.1) is 0 Å². The Morgan fingerprint density at radius 3 is 2.70 bits per heavy atom. The van der Waals surface area contributed by atoms with Crippen LogP contribution in [-0.4, -0.2) is 41.3 Å². The molecule has 0 radical (unpaired) electrons. The maximum Gasteiger partial charge on any atom is 0.492 e. The van der Waals surface area contributed by atoms with E-state index in [0.717, 1.165) is 18.5 Å². The summed E-state index contributed by atoms with van der Waals surface area (Å²) >= 11 is 0. The Balaban J connectivity index is 2.19. The second kappa shape index (κ2) is 6.61. The topological polar surface area (TPSA) is 52.9 Å². The van der Waals surface area contributed by atoms with Gasteiger partial charge in [-0.15, -0.1) is 0 Å². The van der Waals surface area contributed by atoms with Crippen LogP contribution < -0.4 is 10.2 Å². The molecular weight excluding hydrogens is 253 g/mol. The predicted molar refractivity (Wildman–Crippen MR) is 81.1 cm³/mol. The minimum absolute atomic E-state index is 0.435. The number of hydrogen-bond donors (Lipinski definition) is 2. The highest BCUT2D eigenvalue weighted by molar-refractivity contribution is 6.59. The van der Waals surface area contributed by atoms with Crippen LogP contribution in [0.3, 0.4) is 0 Å². The zero-order chi connectivity index (χ0) is 14.7. The van der Waals surface area contributed by atoms with Gasteiger partial charge in [-0.3, -0.25) is 4.90 Å². The lowest BCUT2D eigenvalue weighted by Gasteiger charge is -2.28. The fourth-order valence-corrected chi connectivity index (χ4v) is 3.14. The van der Waals surface area contributed by atoms with Gasteiger partial charge >= 0.3 is 7.12 Å². The number of methoxy groups -OCH3 is 1. The van der Waals surface area contributed by atoms with E-state index in [1.807, 2.05) is 18.2 Å². The summed E-state index contributed by atoms with van der Waals surface area (Å²) in [5.74, 6) is 0.519. The van der Waals surface area contributed by atoms with Gasteiger partial charge in [0.05, 0.1) is 7.11 Å². The van der Waals surface area contributed by atoms with Crippen LogP contribution in [0.1, 0.15) is 38.7 Å². The molecule has 2 unspecified atom stereocenters. The first-order valence-electron chi connectivity index (χ1n) is 7.35. The van der Waals surface area contributed by atoms with Crippen molar-refractivity contribution in [3.8, 4) is 5.75 Å². The van der Waals surface area contributed by atoms with Gasteiger partial charge in [0.2, 0.25) is 0 Å². The van der Waals surface area contributed by atoms with Gasteiger partial charge in [-0.1, -0.05) is 19.1 Å². The average Bonchev–Trinajstić information content (AvgIpc) is 2.79. The fourth-order valence-electron chi connectivity index (χ4n) is 3.14. The molecular formula is C15H24BNO3. The average molecular weight is 277 g/mol. The molecule has 2 rings (SSSR count). The highest BCUT2D eigenvalue weighted by Gasteiger charge is 2.29. The number of nitrogens with zero attached hydrogens (tertiary/aromatic N) is 1. The Labute approximate surface area is 121 Å². The SMILES string of the molecule is CCC1CCC(C)N1Cc1ccc(OC)c(B(O)O)c1. The van der Waals surface area contributed by atoms with Crippen molar-refractivity contribution in [1.82, 2.24) is 4.90 Å². The third-order valence-electron chi connectivity index (χ3n) is 4.36. The molecule has 1 aromatic rings. The first-order valence-corrected chi connectivity index (χ1v) is 7.35. The van der Waals surface area contributed by atoms with Gasteiger partial charge in [0.15, 0.2) is 0 Å². The molecule has 0 spiro atoms. The molecule has 1 aliphatic rings. The summed E-state index contributed by atoms with van der Waals surface area (Å²) in [6.45, 7) is 5.34. The molecule has 1 aromatic carbocycles. The highest BCUT2D eigenvalue weighted by atomic mass is 16.5. The molecule has 0 aromatic heterocycles. The van der Waals surface area contributed by atoms with Crippen molar-refractivity contribution in [3.05, 3.63) is 23.8 Å². The third kappa shape index (κ3) is 3.16. The molecule has 110 valence electrons. The lowest BCUT2D eigenvalue weighted by atomic mass is 9.78. The van der Waals surface area contributed by atoms with Crippen LogP contribution in [0.4, 0.5) is 0 Å². The van der Waals surface area contributed by atoms with E-state index in [-0.39, 0.29) is 0 Å². The molecule has 0 aliphatic carbocycles. The van der Waals surface area contributed by atoms with Crippen LogP contribution in [0.5, 0.6) is 5.75 Å². The first-order chi connectivity index (χ1) is 9.56. The van der Waals surface area contributed by atoms with Crippen molar-refractivity contribution < 1.29 is 14.8 Å². The Morgan fingerprint density at radius 1 is 1.35 bits per heavy atom. The number of hydrogen-bond acceptors (Lipinski definition) is 4. The summed E-state index contributed by atoms with van der Waals surface area (Å²) in [6, 6.07) is 6.87. The van der Waals surface area contributed by atoms with Crippen LogP contribution in [0.25, 0.3) is 0 Å². The zero-order valence-corrected chi connectivity index (χ0v) is 12.5. The molecule has 2 N–H and O–H groups in total. The molecule has 1 saturated heterocycles. The van der Waals surface area contributed by atoms with Crippen molar-refractivity contribution in [2.75, 3.05) is 7.11 Å². The molecule has 2 atom stereocenters. The molecule has 0 saturated carbocycles. The summed E-state index contributed by atoms with van der Waals surface area (Å²) in [6.07, 6.45) is 3.66. The van der Waals surface area contributed by atoms with Crippen LogP contribution in [-0.2, 0) is 6.54 Å². The van der Waals surface area contributed by atoms with Gasteiger partial charge in [0, 0.05) is 24.1 Å². The van der Waals surface area contributed by atoms with E-state index in [0.29, 0.717) is 23.3 Å². The number of likely N-dealkylation sites (tertiary alicyclic amines) is 1. The first kappa shape index (κ1) is 15.4. The van der Waals surface area contributed by atoms with Gasteiger partial charge in [0.1, 0.15) is 5.75 Å². The van der Waals surface area contributed by atoms with Crippen LogP contribution in [0.2, 0.25) is 0 Å². The smallest absolute Gasteiger partial charge is 0.492 e. The van der Waals surface area contributed by atoms with Gasteiger partial charge in [0.25, 0.3) is 0 Å². The lowest BCUT2D eigenvalue weighted by Crippen LogP contribution is -2.35. The second-order valence-corrected chi connectivity index (χ2v) is 5.61. The van der Waals surface area contributed by atoms with E-state index in [4.69, 9.17) is 4.74 Å². The summed E-state index contributed by atoms with van der Waals surface area (Å²) < 4.78 is 5.16. The molecule has 0 bridgehead atoms. The zero-order valence-electron chi connectivity index (χ0n) is 12.5. The summed E-state index contributed by atoms with van der Waals surface area (Å²) in [5.41, 5.74) is 1.53. The molecule has 4 nitrogen and oxygen atoms in total. The van der Waals surface area contributed by atoms with Gasteiger partial charge in [-0.2, -0.15) is 0 Å². The predicted octanol–water partition coefficient (Wildman–Crippen LogP) is 1.14. The normalized spacial score (nSPS) is 23.1. The van der Waals surface area contributed by atoms with E-state index >= 15 is 0 Å². The minimum Gasteiger partial charge on any atom is -0.497 e. The van der Waals surface area contributed by atoms with Crippen molar-refractivity contribution in [2.45, 2.75) is 51.7 Å². The van der Waals surface area contributed by atoms with Crippen molar-refractivity contribution in [2.24, 2.45) is 0 Å². The second-order valence-electron chi connectivity index (χ2n) is 5.61. The third-order valence-corrected chi connectivity index (χ3v) is 4.36. The van der Waals surface area contributed by atoms with Crippen LogP contribution in [0.15, 0.2) is 18.2 Å². The fraction of sp³-hybridized carbons (Fsp3) is 0.600. The summed E-state index contributed by atoms with van der Waals surface area (Å²) in [5, 5.41) is 18.9. The van der Waals surface area contributed by atoms with E-state index in [1.165, 1.54) is 20.0 Å². The van der Waals surface area contributed by atoms with E-state index < -0.39 is 7.12 Å². The van der Waals surface area contributed by atoms with Gasteiger partial charge in [-0.25, -0.2) is 0 Å². The molecule has 20 heavy (non-hydrogen) atoms. The number of ether oxygens (including phenoxy) is 1. The molecule has 1 aliphatic heterocycles. The molecule has 1 fully saturated rings. The van der Waals surface area contributed by atoms with E-state index in [2.05, 4.69) is 18.7 Å². The molecule has 5 heteroatoms. The van der Waals surface area contributed by atoms with Crippen molar-refractivity contribution in [1.29, 1.82) is 0 Å². The van der Waals surface area contributed by atoms with Gasteiger partial charge < -0.3 is 14.8 Å². The Morgan fingerprint density at radius 2 is 2.10 bits per heavy atom. The van der Waals surface area contributed by atoms with Gasteiger partial charge in [-0.05, 0) is 37.8 Å². The lowest BCUT2D eigenvalue weighted by molar-refractivity contribution is 0.189. The Kier molecular flexibility index (Phi) is 5.08. The summed E-state index contributed by atoms with van der Waals surface area (Å²) in [4.78, 5) is 2.51. The van der Waals surface area contributed by atoms with Crippen molar-refractivity contribution in [3.63, 3.8) is 0 Å². The van der Waals surface area contributed by atoms with Crippen molar-refractivity contribution >= 4 is 12.6 Å². The number of benzene rings is 1. The molecule has 0 amide bonds. The quantitative estimate of drug-likeness (QED) is 0.792. The summed E-state index contributed by atoms with van der Waals surface area (Å²) in [7, 11) is 0.0409. The van der Waals surface area contributed by atoms with E-state index in [1.54, 1.807) is 0 Å².